The van der Waals surface area contributed by atoms with Crippen molar-refractivity contribution in [3.05, 3.63) is 34.9 Å². The van der Waals surface area contributed by atoms with Crippen LogP contribution in [0.1, 0.15) is 101 Å². The Labute approximate surface area is 126 Å². The Morgan fingerprint density at radius 1 is 1.24 bits per heavy atom. The van der Waals surface area contributed by atoms with Gasteiger partial charge >= 0.3 is 0 Å². The third-order valence-corrected chi connectivity index (χ3v) is 2.60. The van der Waals surface area contributed by atoms with Crippen LogP contribution in [0.25, 0.3) is 0 Å². The fourth-order valence-electron chi connectivity index (χ4n) is 1.91. The average molecular weight is 245 g/mol. The van der Waals surface area contributed by atoms with E-state index in [0.717, 1.165) is 13.0 Å². The van der Waals surface area contributed by atoms with Crippen molar-refractivity contribution in [2.45, 2.75) is 71.8 Å². The normalized spacial score (nSPS) is 30.9. The highest BCUT2D eigenvalue weighted by Gasteiger charge is 2.24. The van der Waals surface area contributed by atoms with Crippen LogP contribution in [0, 0.1) is 0 Å². The van der Waals surface area contributed by atoms with Gasteiger partial charge in [0.15, 0.2) is 0 Å². The van der Waals surface area contributed by atoms with E-state index in [1.54, 1.807) is 20.8 Å². The van der Waals surface area contributed by atoms with Crippen molar-refractivity contribution in [1.29, 1.82) is 0 Å². The average Bonchev–Trinajstić information content (AvgIpc) is 2.47. The summed E-state index contributed by atoms with van der Waals surface area (Å²) in [6, 6.07) is 3.52. The summed E-state index contributed by atoms with van der Waals surface area (Å²) in [7, 11) is 0. The molecule has 0 saturated heterocycles. The van der Waals surface area contributed by atoms with Crippen LogP contribution in [-0.4, -0.2) is 0 Å². The van der Waals surface area contributed by atoms with E-state index in [1.807, 2.05) is 0 Å². The second kappa shape index (κ2) is 5.25. The molecule has 96 valence electrons. The van der Waals surface area contributed by atoms with E-state index < -0.39 is 49.7 Å². The van der Waals surface area contributed by atoms with Crippen LogP contribution in [0.2, 0.25) is 0 Å². The van der Waals surface area contributed by atoms with Crippen molar-refractivity contribution in [3.8, 4) is 0 Å². The summed E-state index contributed by atoms with van der Waals surface area (Å²) < 4.78 is 104. The van der Waals surface area contributed by atoms with Gasteiger partial charge in [0, 0.05) is 17.8 Å². The Kier molecular flexibility index (Phi) is 1.36. The van der Waals surface area contributed by atoms with Gasteiger partial charge in [-0.3, -0.25) is 0 Å². The molecule has 1 unspecified atom stereocenters. The SMILES string of the molecule is [2H]C([2H])([2H])C([2H])(c1cccc(C([2H])(C([2H])([2H])[2H])C([2H])([2H])C)c1C(C)(C)C)C([2H])([2H])[2H]. The molecule has 0 heterocycles. The first kappa shape index (κ1) is 4.40. The lowest BCUT2D eigenvalue weighted by atomic mass is 9.75. The fraction of sp³-hybridized carbons (Fsp3) is 0.647. The summed E-state index contributed by atoms with van der Waals surface area (Å²) in [5, 5.41) is 0. The minimum absolute atomic E-state index is 0.135. The van der Waals surface area contributed by atoms with Gasteiger partial charge in [-0.05, 0) is 40.3 Å². The lowest BCUT2D eigenvalue weighted by Gasteiger charge is -2.30. The standard InChI is InChI=1S/C17H28/c1-8-13(4)15-11-9-10-14(12(2)3)16(15)17(5,6)7/h9-13H,8H2,1-7H3/i2D3,3D3,4D3,8D2,12D,13D. The van der Waals surface area contributed by atoms with Crippen LogP contribution in [0.5, 0.6) is 0 Å². The van der Waals surface area contributed by atoms with Crippen molar-refractivity contribution >= 4 is 0 Å². The summed E-state index contributed by atoms with van der Waals surface area (Å²) in [5.74, 6) is -5.96. The van der Waals surface area contributed by atoms with Gasteiger partial charge in [-0.2, -0.15) is 0 Å². The molecule has 0 fully saturated rings. The maximum Gasteiger partial charge on any atom is 0.0349 e. The number of hydrogen-bond acceptors (Lipinski definition) is 0. The van der Waals surface area contributed by atoms with Gasteiger partial charge in [0.2, 0.25) is 0 Å². The molecule has 0 aliphatic carbocycles. The molecule has 0 aliphatic rings. The zero-order chi connectivity index (χ0) is 24.4. The van der Waals surface area contributed by atoms with Crippen molar-refractivity contribution in [2.75, 3.05) is 0 Å². The summed E-state index contributed by atoms with van der Waals surface area (Å²) in [5.41, 5.74) is -2.05. The molecular formula is C17H28. The fourth-order valence-corrected chi connectivity index (χ4v) is 1.91. The van der Waals surface area contributed by atoms with E-state index in [9.17, 15) is 0 Å². The summed E-state index contributed by atoms with van der Waals surface area (Å²) in [4.78, 5) is 0. The van der Waals surface area contributed by atoms with Crippen molar-refractivity contribution in [3.63, 3.8) is 0 Å². The second-order valence-electron chi connectivity index (χ2n) is 4.98. The van der Waals surface area contributed by atoms with Gasteiger partial charge in [0.05, 0.1) is 0 Å². The quantitative estimate of drug-likeness (QED) is 0.648. The summed E-state index contributed by atoms with van der Waals surface area (Å²) in [6.45, 7) is -4.15. The molecule has 0 N–H and O–H groups in total. The van der Waals surface area contributed by atoms with E-state index in [0.29, 0.717) is 0 Å². The van der Waals surface area contributed by atoms with Gasteiger partial charge in [-0.1, -0.05) is 66.4 Å². The molecule has 0 saturated carbocycles. The molecular weight excluding hydrogens is 204 g/mol. The molecule has 1 rings (SSSR count). The second-order valence-corrected chi connectivity index (χ2v) is 4.98. The first-order valence-corrected chi connectivity index (χ1v) is 5.49. The Morgan fingerprint density at radius 2 is 1.88 bits per heavy atom. The van der Waals surface area contributed by atoms with E-state index in [2.05, 4.69) is 0 Å². The van der Waals surface area contributed by atoms with Crippen LogP contribution >= 0.6 is 0 Å². The van der Waals surface area contributed by atoms with Gasteiger partial charge < -0.3 is 0 Å². The third-order valence-electron chi connectivity index (χ3n) is 2.60. The monoisotopic (exact) mass is 245 g/mol. The number of rotatable bonds is 3. The van der Waals surface area contributed by atoms with Crippen LogP contribution in [0.15, 0.2) is 18.2 Å². The van der Waals surface area contributed by atoms with Gasteiger partial charge in [0.1, 0.15) is 0 Å². The molecule has 17 heavy (non-hydrogen) atoms. The predicted molar refractivity (Wildman–Crippen MR) is 77.9 cm³/mol. The minimum Gasteiger partial charge on any atom is -0.0648 e. The largest absolute Gasteiger partial charge is 0.0648 e. The van der Waals surface area contributed by atoms with Gasteiger partial charge in [0.25, 0.3) is 0 Å². The zero-order valence-electron chi connectivity index (χ0n) is 23.7. The molecule has 0 aromatic heterocycles. The highest BCUT2D eigenvalue weighted by molar-refractivity contribution is 5.43. The Bertz CT molecular complexity index is 685. The Hall–Kier alpha value is -0.780. The van der Waals surface area contributed by atoms with Gasteiger partial charge in [-0.15, -0.1) is 0 Å². The maximum absolute atomic E-state index is 8.72. The van der Waals surface area contributed by atoms with Crippen LogP contribution in [-0.2, 0) is 5.41 Å². The molecule has 0 spiro atoms. The van der Waals surface area contributed by atoms with Crippen molar-refractivity contribution < 1.29 is 17.8 Å². The Balaban J connectivity index is 4.33. The highest BCUT2D eigenvalue weighted by Crippen LogP contribution is 2.37. The molecule has 0 heteroatoms. The van der Waals surface area contributed by atoms with Crippen molar-refractivity contribution in [2.24, 2.45) is 0 Å². The van der Waals surface area contributed by atoms with Crippen LogP contribution in [0.4, 0.5) is 0 Å². The molecule has 0 radical (unpaired) electrons. The molecule has 0 amide bonds. The predicted octanol–water partition coefficient (Wildman–Crippen LogP) is 5.62. The molecule has 0 bridgehead atoms. The highest BCUT2D eigenvalue weighted by atomic mass is 14.3. The zero-order valence-corrected chi connectivity index (χ0v) is 10.7. The van der Waals surface area contributed by atoms with Gasteiger partial charge in [-0.25, -0.2) is 0 Å². The molecule has 0 nitrogen and oxygen atoms in total. The molecule has 0 aliphatic heterocycles. The number of benzene rings is 1. The minimum atomic E-state index is -3.31. The van der Waals surface area contributed by atoms with E-state index >= 15 is 0 Å². The maximum atomic E-state index is 8.72. The lowest BCUT2D eigenvalue weighted by Crippen LogP contribution is -2.19. The number of hydrogen-bond donors (Lipinski definition) is 0. The first-order valence-electron chi connectivity index (χ1n) is 12.0. The third kappa shape index (κ3) is 3.12. The Morgan fingerprint density at radius 3 is 2.35 bits per heavy atom. The summed E-state index contributed by atoms with van der Waals surface area (Å²) >= 11 is 0. The topological polar surface area (TPSA) is 0 Å². The van der Waals surface area contributed by atoms with Crippen LogP contribution in [0.3, 0.4) is 0 Å². The molecule has 1 atom stereocenters. The summed E-state index contributed by atoms with van der Waals surface area (Å²) in [6.07, 6.45) is -2.61. The first-order chi connectivity index (χ1) is 12.8. The van der Waals surface area contributed by atoms with Crippen molar-refractivity contribution in [1.82, 2.24) is 0 Å². The van der Waals surface area contributed by atoms with E-state index in [1.165, 1.54) is 12.1 Å². The molecule has 1 aromatic rings. The lowest BCUT2D eigenvalue weighted by molar-refractivity contribution is 0.558. The molecule has 1 aromatic carbocycles. The van der Waals surface area contributed by atoms with Crippen LogP contribution < -0.4 is 0 Å². The van der Waals surface area contributed by atoms with E-state index in [-0.39, 0.29) is 11.1 Å². The smallest absolute Gasteiger partial charge is 0.0349 e. The van der Waals surface area contributed by atoms with E-state index in [4.69, 9.17) is 17.8 Å².